The molecular formula is C9H11N5O. The first-order valence-corrected chi connectivity index (χ1v) is 4.45. The number of H-pyrrole nitrogens is 1. The number of anilines is 2. The van der Waals surface area contributed by atoms with Crippen molar-refractivity contribution in [2.24, 2.45) is 0 Å². The molecule has 0 radical (unpaired) electrons. The predicted octanol–water partition coefficient (Wildman–Crippen LogP) is 1.09. The molecule has 0 amide bonds. The molecule has 6 nitrogen and oxygen atoms in total. The van der Waals surface area contributed by atoms with Crippen LogP contribution in [-0.2, 0) is 11.3 Å². The van der Waals surface area contributed by atoms with Gasteiger partial charge in [0.05, 0.1) is 24.7 Å². The molecule has 2 heterocycles. The van der Waals surface area contributed by atoms with E-state index < -0.39 is 0 Å². The molecule has 2 aromatic rings. The van der Waals surface area contributed by atoms with Gasteiger partial charge in [0.1, 0.15) is 5.82 Å². The maximum atomic E-state index is 4.93. The summed E-state index contributed by atoms with van der Waals surface area (Å²) < 4.78 is 4.93. The fourth-order valence-corrected chi connectivity index (χ4v) is 1.10. The summed E-state index contributed by atoms with van der Waals surface area (Å²) in [4.78, 5) is 8.33. The Balaban J connectivity index is 2.04. The molecule has 0 fully saturated rings. The van der Waals surface area contributed by atoms with Crippen LogP contribution in [0.2, 0.25) is 0 Å². The summed E-state index contributed by atoms with van der Waals surface area (Å²) in [6, 6.07) is 1.81. The summed E-state index contributed by atoms with van der Waals surface area (Å²) in [5, 5.41) is 9.64. The van der Waals surface area contributed by atoms with Gasteiger partial charge >= 0.3 is 0 Å². The Kier molecular flexibility index (Phi) is 2.89. The molecule has 0 atom stereocenters. The van der Waals surface area contributed by atoms with Gasteiger partial charge in [-0.2, -0.15) is 5.10 Å². The zero-order valence-electron chi connectivity index (χ0n) is 8.27. The van der Waals surface area contributed by atoms with Gasteiger partial charge in [0.2, 0.25) is 0 Å². The number of methoxy groups -OCH3 is 1. The summed E-state index contributed by atoms with van der Waals surface area (Å²) in [6.45, 7) is 0.468. The average Bonchev–Trinajstić information content (AvgIpc) is 2.74. The van der Waals surface area contributed by atoms with Gasteiger partial charge < -0.3 is 10.1 Å². The monoisotopic (exact) mass is 205 g/mol. The molecule has 2 N–H and O–H groups in total. The number of hydrogen-bond donors (Lipinski definition) is 2. The number of aromatic amines is 1. The molecule has 0 aliphatic carbocycles. The van der Waals surface area contributed by atoms with Gasteiger partial charge in [-0.3, -0.25) is 10.1 Å². The van der Waals surface area contributed by atoms with E-state index in [1.807, 2.05) is 6.07 Å². The first-order chi connectivity index (χ1) is 7.38. The molecule has 2 aromatic heterocycles. The maximum Gasteiger partial charge on any atom is 0.153 e. The van der Waals surface area contributed by atoms with Gasteiger partial charge in [-0.05, 0) is 0 Å². The summed E-state index contributed by atoms with van der Waals surface area (Å²) >= 11 is 0. The van der Waals surface area contributed by atoms with Gasteiger partial charge in [-0.1, -0.05) is 0 Å². The minimum Gasteiger partial charge on any atom is -0.378 e. The first-order valence-electron chi connectivity index (χ1n) is 4.45. The van der Waals surface area contributed by atoms with E-state index in [0.717, 1.165) is 5.69 Å². The number of ether oxygens (including phenoxy) is 1. The molecule has 0 aliphatic rings. The quantitative estimate of drug-likeness (QED) is 0.781. The molecule has 0 unspecified atom stereocenters. The van der Waals surface area contributed by atoms with Crippen molar-refractivity contribution in [3.8, 4) is 0 Å². The van der Waals surface area contributed by atoms with E-state index in [-0.39, 0.29) is 0 Å². The highest BCUT2D eigenvalue weighted by Gasteiger charge is 1.98. The van der Waals surface area contributed by atoms with Crippen molar-refractivity contribution < 1.29 is 4.74 Å². The van der Waals surface area contributed by atoms with Crippen LogP contribution in [0.15, 0.2) is 24.7 Å². The molecular weight excluding hydrogens is 194 g/mol. The minimum atomic E-state index is 0.468. The van der Waals surface area contributed by atoms with Crippen molar-refractivity contribution in [2.75, 3.05) is 12.4 Å². The lowest BCUT2D eigenvalue weighted by Crippen LogP contribution is -1.98. The van der Waals surface area contributed by atoms with E-state index in [1.165, 1.54) is 0 Å². The Morgan fingerprint density at radius 3 is 2.87 bits per heavy atom. The van der Waals surface area contributed by atoms with Crippen LogP contribution in [0.5, 0.6) is 0 Å². The molecule has 2 rings (SSSR count). The topological polar surface area (TPSA) is 75.7 Å². The third kappa shape index (κ3) is 2.50. The molecule has 0 aromatic carbocycles. The number of nitrogens with zero attached hydrogens (tertiary/aromatic N) is 3. The van der Waals surface area contributed by atoms with E-state index in [0.29, 0.717) is 18.2 Å². The zero-order chi connectivity index (χ0) is 10.5. The number of rotatable bonds is 4. The van der Waals surface area contributed by atoms with Gasteiger partial charge in [-0.25, -0.2) is 4.98 Å². The van der Waals surface area contributed by atoms with E-state index >= 15 is 0 Å². The van der Waals surface area contributed by atoms with Crippen molar-refractivity contribution in [1.82, 2.24) is 20.2 Å². The van der Waals surface area contributed by atoms with Crippen LogP contribution in [-0.4, -0.2) is 27.3 Å². The van der Waals surface area contributed by atoms with Gasteiger partial charge in [0.15, 0.2) is 5.82 Å². The van der Waals surface area contributed by atoms with Crippen LogP contribution in [0.4, 0.5) is 11.6 Å². The SMILES string of the molecule is COCc1cnc(Nc2cc[nH]n2)cn1. The molecule has 0 saturated heterocycles. The number of nitrogens with one attached hydrogen (secondary N) is 2. The Morgan fingerprint density at radius 2 is 2.27 bits per heavy atom. The average molecular weight is 205 g/mol. The standard InChI is InChI=1S/C9H11N5O/c1-15-6-7-4-11-9(5-10-7)13-8-2-3-12-14-8/h2-5H,6H2,1H3,(H2,11,12,13,14). The highest BCUT2D eigenvalue weighted by Crippen LogP contribution is 2.09. The van der Waals surface area contributed by atoms with Crippen LogP contribution >= 0.6 is 0 Å². The van der Waals surface area contributed by atoms with Gasteiger partial charge in [0, 0.05) is 19.4 Å². The van der Waals surface area contributed by atoms with E-state index in [2.05, 4.69) is 25.5 Å². The lowest BCUT2D eigenvalue weighted by atomic mass is 10.5. The molecule has 0 aliphatic heterocycles. The fraction of sp³-hybridized carbons (Fsp3) is 0.222. The van der Waals surface area contributed by atoms with Crippen LogP contribution in [0.1, 0.15) is 5.69 Å². The van der Waals surface area contributed by atoms with E-state index in [4.69, 9.17) is 4.74 Å². The zero-order valence-corrected chi connectivity index (χ0v) is 8.27. The van der Waals surface area contributed by atoms with Gasteiger partial charge in [0.25, 0.3) is 0 Å². The summed E-state index contributed by atoms with van der Waals surface area (Å²) in [6.07, 6.45) is 5.04. The molecule has 78 valence electrons. The molecule has 0 saturated carbocycles. The van der Waals surface area contributed by atoms with E-state index in [1.54, 1.807) is 25.7 Å². The Hall–Kier alpha value is -1.95. The van der Waals surface area contributed by atoms with Crippen molar-refractivity contribution in [3.63, 3.8) is 0 Å². The highest BCUT2D eigenvalue weighted by molar-refractivity contribution is 5.49. The summed E-state index contributed by atoms with van der Waals surface area (Å²) in [5.41, 5.74) is 0.796. The second-order valence-corrected chi connectivity index (χ2v) is 2.91. The Labute approximate surface area is 86.7 Å². The molecule has 15 heavy (non-hydrogen) atoms. The first kappa shape index (κ1) is 9.60. The largest absolute Gasteiger partial charge is 0.378 e. The second-order valence-electron chi connectivity index (χ2n) is 2.91. The summed E-state index contributed by atoms with van der Waals surface area (Å²) in [5.74, 6) is 1.37. The molecule has 0 spiro atoms. The van der Waals surface area contributed by atoms with Crippen LogP contribution in [0, 0.1) is 0 Å². The van der Waals surface area contributed by atoms with Crippen LogP contribution in [0.3, 0.4) is 0 Å². The normalized spacial score (nSPS) is 10.2. The van der Waals surface area contributed by atoms with Gasteiger partial charge in [-0.15, -0.1) is 0 Å². The Bertz CT molecular complexity index is 397. The molecule has 6 heteroatoms. The minimum absolute atomic E-state index is 0.468. The number of aromatic nitrogens is 4. The van der Waals surface area contributed by atoms with Crippen molar-refractivity contribution in [3.05, 3.63) is 30.4 Å². The summed E-state index contributed by atoms with van der Waals surface area (Å²) in [7, 11) is 1.62. The fourth-order valence-electron chi connectivity index (χ4n) is 1.10. The number of hydrogen-bond acceptors (Lipinski definition) is 5. The maximum absolute atomic E-state index is 4.93. The second kappa shape index (κ2) is 4.52. The lowest BCUT2D eigenvalue weighted by molar-refractivity contribution is 0.181. The lowest BCUT2D eigenvalue weighted by Gasteiger charge is -2.02. The predicted molar refractivity (Wildman–Crippen MR) is 54.6 cm³/mol. The Morgan fingerprint density at radius 1 is 1.33 bits per heavy atom. The smallest absolute Gasteiger partial charge is 0.153 e. The van der Waals surface area contributed by atoms with Crippen molar-refractivity contribution in [2.45, 2.75) is 6.61 Å². The highest BCUT2D eigenvalue weighted by atomic mass is 16.5. The third-order valence-corrected chi connectivity index (χ3v) is 1.75. The van der Waals surface area contributed by atoms with Crippen molar-refractivity contribution >= 4 is 11.6 Å². The third-order valence-electron chi connectivity index (χ3n) is 1.75. The van der Waals surface area contributed by atoms with Crippen LogP contribution in [0.25, 0.3) is 0 Å². The molecule has 0 bridgehead atoms. The van der Waals surface area contributed by atoms with E-state index in [9.17, 15) is 0 Å². The van der Waals surface area contributed by atoms with Crippen molar-refractivity contribution in [1.29, 1.82) is 0 Å². The van der Waals surface area contributed by atoms with Crippen LogP contribution < -0.4 is 5.32 Å².